The van der Waals surface area contributed by atoms with Crippen LogP contribution >= 0.6 is 0 Å². The summed E-state index contributed by atoms with van der Waals surface area (Å²) in [7, 11) is 0. The van der Waals surface area contributed by atoms with Crippen molar-refractivity contribution in [2.75, 3.05) is 18.0 Å². The fourth-order valence-electron chi connectivity index (χ4n) is 3.22. The zero-order chi connectivity index (χ0) is 14.9. The Morgan fingerprint density at radius 3 is 2.62 bits per heavy atom. The summed E-state index contributed by atoms with van der Waals surface area (Å²) in [5.74, 6) is 1.20. The molecule has 116 valence electrons. The maximum absolute atomic E-state index is 4.76. The van der Waals surface area contributed by atoms with Gasteiger partial charge in [0.15, 0.2) is 0 Å². The van der Waals surface area contributed by atoms with E-state index < -0.39 is 0 Å². The number of aryl methyl sites for hydroxylation is 1. The third-order valence-corrected chi connectivity index (χ3v) is 5.40. The molecule has 1 aromatic rings. The second-order valence-electron chi connectivity index (χ2n) is 7.29. The minimum absolute atomic E-state index is 0.540. The molecule has 2 aliphatic rings. The number of hydrogen-bond acceptors (Lipinski definition) is 3. The monoisotopic (exact) mass is 287 g/mol. The highest BCUT2D eigenvalue weighted by molar-refractivity contribution is 5.47. The number of nitrogens with one attached hydrogen (secondary N) is 1. The average Bonchev–Trinajstić information content (AvgIpc) is 3.31. The minimum atomic E-state index is 0.540. The normalized spacial score (nSPS) is 21.6. The van der Waals surface area contributed by atoms with Gasteiger partial charge in [0.2, 0.25) is 0 Å². The molecule has 3 heteroatoms. The quantitative estimate of drug-likeness (QED) is 0.896. The van der Waals surface area contributed by atoms with E-state index >= 15 is 0 Å². The number of pyridine rings is 1. The first-order valence-electron chi connectivity index (χ1n) is 8.53. The summed E-state index contributed by atoms with van der Waals surface area (Å²) in [6.45, 7) is 10.2. The van der Waals surface area contributed by atoms with Gasteiger partial charge in [-0.05, 0) is 55.2 Å². The van der Waals surface area contributed by atoms with Crippen molar-refractivity contribution in [2.45, 2.75) is 65.5 Å². The van der Waals surface area contributed by atoms with Crippen LogP contribution in [0.5, 0.6) is 0 Å². The Morgan fingerprint density at radius 1 is 1.33 bits per heavy atom. The molecule has 0 atom stereocenters. The zero-order valence-corrected chi connectivity index (χ0v) is 13.8. The number of piperidine rings is 1. The summed E-state index contributed by atoms with van der Waals surface area (Å²) in [4.78, 5) is 7.24. The van der Waals surface area contributed by atoms with Crippen molar-refractivity contribution in [1.29, 1.82) is 0 Å². The Balaban J connectivity index is 1.62. The SMILES string of the molecule is CCC1(C)CCN(c2ncc(CNC3CC3)cc2C)CC1. The molecule has 1 N–H and O–H groups in total. The molecular weight excluding hydrogens is 258 g/mol. The first-order chi connectivity index (χ1) is 10.1. The lowest BCUT2D eigenvalue weighted by Crippen LogP contribution is -2.39. The lowest BCUT2D eigenvalue weighted by molar-refractivity contribution is 0.237. The topological polar surface area (TPSA) is 28.2 Å². The van der Waals surface area contributed by atoms with Gasteiger partial charge >= 0.3 is 0 Å². The number of anilines is 1. The molecule has 1 aliphatic carbocycles. The maximum Gasteiger partial charge on any atom is 0.131 e. The van der Waals surface area contributed by atoms with Gasteiger partial charge in [-0.3, -0.25) is 0 Å². The van der Waals surface area contributed by atoms with Gasteiger partial charge in [0, 0.05) is 31.9 Å². The molecule has 0 unspecified atom stereocenters. The van der Waals surface area contributed by atoms with Crippen LogP contribution in [0.3, 0.4) is 0 Å². The van der Waals surface area contributed by atoms with E-state index in [2.05, 4.69) is 43.3 Å². The van der Waals surface area contributed by atoms with E-state index in [1.807, 2.05) is 0 Å². The Morgan fingerprint density at radius 2 is 2.05 bits per heavy atom. The number of aromatic nitrogens is 1. The van der Waals surface area contributed by atoms with Crippen LogP contribution in [-0.2, 0) is 6.54 Å². The van der Waals surface area contributed by atoms with Crippen LogP contribution in [0.4, 0.5) is 5.82 Å². The van der Waals surface area contributed by atoms with Crippen molar-refractivity contribution in [2.24, 2.45) is 5.41 Å². The lowest BCUT2D eigenvalue weighted by atomic mass is 9.78. The predicted molar refractivity (Wildman–Crippen MR) is 88.7 cm³/mol. The molecule has 0 aromatic carbocycles. The van der Waals surface area contributed by atoms with Crippen molar-refractivity contribution in [1.82, 2.24) is 10.3 Å². The summed E-state index contributed by atoms with van der Waals surface area (Å²) in [6.07, 6.45) is 8.61. The number of hydrogen-bond donors (Lipinski definition) is 1. The van der Waals surface area contributed by atoms with Crippen LogP contribution in [-0.4, -0.2) is 24.1 Å². The van der Waals surface area contributed by atoms with Gasteiger partial charge in [-0.25, -0.2) is 4.98 Å². The molecule has 0 amide bonds. The molecule has 3 nitrogen and oxygen atoms in total. The molecule has 3 rings (SSSR count). The zero-order valence-electron chi connectivity index (χ0n) is 13.8. The standard InChI is InChI=1S/C18H29N3/c1-4-18(3)7-9-21(10-8-18)17-14(2)11-15(13-20-17)12-19-16-5-6-16/h11,13,16,19H,4-10,12H2,1-3H3. The lowest BCUT2D eigenvalue weighted by Gasteiger charge is -2.40. The molecule has 2 fully saturated rings. The maximum atomic E-state index is 4.76. The molecular formula is C18H29N3. The molecule has 1 aliphatic heterocycles. The summed E-state index contributed by atoms with van der Waals surface area (Å²) >= 11 is 0. The van der Waals surface area contributed by atoms with Gasteiger partial charge in [0.1, 0.15) is 5.82 Å². The van der Waals surface area contributed by atoms with Gasteiger partial charge < -0.3 is 10.2 Å². The fraction of sp³-hybridized carbons (Fsp3) is 0.722. The average molecular weight is 287 g/mol. The van der Waals surface area contributed by atoms with Gasteiger partial charge in [-0.2, -0.15) is 0 Å². The van der Waals surface area contributed by atoms with Crippen LogP contribution in [0.2, 0.25) is 0 Å². The van der Waals surface area contributed by atoms with E-state index in [1.165, 1.54) is 49.0 Å². The van der Waals surface area contributed by atoms with Gasteiger partial charge in [-0.1, -0.05) is 20.3 Å². The van der Waals surface area contributed by atoms with E-state index in [0.717, 1.165) is 25.7 Å². The molecule has 1 saturated heterocycles. The first kappa shape index (κ1) is 14.8. The van der Waals surface area contributed by atoms with E-state index in [9.17, 15) is 0 Å². The number of rotatable bonds is 5. The third kappa shape index (κ3) is 3.57. The van der Waals surface area contributed by atoms with Gasteiger partial charge in [-0.15, -0.1) is 0 Å². The van der Waals surface area contributed by atoms with E-state index in [4.69, 9.17) is 4.98 Å². The Kier molecular flexibility index (Phi) is 4.21. The summed E-state index contributed by atoms with van der Waals surface area (Å²) in [5, 5.41) is 3.56. The predicted octanol–water partition coefficient (Wildman–Crippen LogP) is 3.66. The minimum Gasteiger partial charge on any atom is -0.356 e. The van der Waals surface area contributed by atoms with Gasteiger partial charge in [0.05, 0.1) is 0 Å². The van der Waals surface area contributed by atoms with Crippen molar-refractivity contribution in [3.05, 3.63) is 23.4 Å². The van der Waals surface area contributed by atoms with Crippen LogP contribution in [0.25, 0.3) is 0 Å². The summed E-state index contributed by atoms with van der Waals surface area (Å²) in [5.41, 5.74) is 3.18. The Bertz CT molecular complexity index is 485. The summed E-state index contributed by atoms with van der Waals surface area (Å²) in [6, 6.07) is 3.07. The Hall–Kier alpha value is -1.09. The van der Waals surface area contributed by atoms with Crippen molar-refractivity contribution < 1.29 is 0 Å². The molecule has 0 radical (unpaired) electrons. The highest BCUT2D eigenvalue weighted by Gasteiger charge is 2.29. The largest absolute Gasteiger partial charge is 0.356 e. The molecule has 0 spiro atoms. The van der Waals surface area contributed by atoms with Crippen molar-refractivity contribution in [3.63, 3.8) is 0 Å². The van der Waals surface area contributed by atoms with E-state index in [-0.39, 0.29) is 0 Å². The molecule has 1 saturated carbocycles. The molecule has 0 bridgehead atoms. The van der Waals surface area contributed by atoms with E-state index in [1.54, 1.807) is 0 Å². The molecule has 2 heterocycles. The van der Waals surface area contributed by atoms with E-state index in [0.29, 0.717) is 5.41 Å². The van der Waals surface area contributed by atoms with Crippen LogP contribution < -0.4 is 10.2 Å². The highest BCUT2D eigenvalue weighted by Crippen LogP contribution is 2.35. The van der Waals surface area contributed by atoms with Gasteiger partial charge in [0.25, 0.3) is 0 Å². The first-order valence-corrected chi connectivity index (χ1v) is 8.53. The third-order valence-electron chi connectivity index (χ3n) is 5.40. The Labute approximate surface area is 129 Å². The fourth-order valence-corrected chi connectivity index (χ4v) is 3.22. The van der Waals surface area contributed by atoms with Crippen LogP contribution in [0, 0.1) is 12.3 Å². The van der Waals surface area contributed by atoms with Crippen LogP contribution in [0.15, 0.2) is 12.3 Å². The van der Waals surface area contributed by atoms with Crippen molar-refractivity contribution in [3.8, 4) is 0 Å². The highest BCUT2D eigenvalue weighted by atomic mass is 15.2. The number of nitrogens with zero attached hydrogens (tertiary/aromatic N) is 2. The second kappa shape index (κ2) is 5.96. The molecule has 21 heavy (non-hydrogen) atoms. The second-order valence-corrected chi connectivity index (χ2v) is 7.29. The van der Waals surface area contributed by atoms with Crippen molar-refractivity contribution >= 4 is 5.82 Å². The summed E-state index contributed by atoms with van der Waals surface area (Å²) < 4.78 is 0. The molecule has 1 aromatic heterocycles. The smallest absolute Gasteiger partial charge is 0.131 e. The van der Waals surface area contributed by atoms with Crippen LogP contribution in [0.1, 0.15) is 57.1 Å².